The average molecular weight is 515 g/mol. The summed E-state index contributed by atoms with van der Waals surface area (Å²) in [7, 11) is -6.96. The van der Waals surface area contributed by atoms with Crippen LogP contribution in [0.5, 0.6) is 5.75 Å². The number of hydrogen-bond donors (Lipinski definition) is 0. The fourth-order valence-electron chi connectivity index (χ4n) is 2.51. The molecule has 0 saturated heterocycles. The van der Waals surface area contributed by atoms with Crippen LogP contribution in [0.3, 0.4) is 0 Å². The van der Waals surface area contributed by atoms with Gasteiger partial charge in [0.2, 0.25) is 0 Å². The summed E-state index contributed by atoms with van der Waals surface area (Å²) in [6.45, 7) is 0. The van der Waals surface area contributed by atoms with Gasteiger partial charge in [-0.2, -0.15) is 0 Å². The number of hydrogen-bond acceptors (Lipinski definition) is 7. The van der Waals surface area contributed by atoms with E-state index in [0.717, 1.165) is 16.7 Å². The second-order valence-corrected chi connectivity index (χ2v) is 12.2. The molecule has 0 unspecified atom stereocenters. The van der Waals surface area contributed by atoms with E-state index in [1.807, 2.05) is 0 Å². The Bertz CT molecular complexity index is 1360. The van der Waals surface area contributed by atoms with Crippen LogP contribution in [0.15, 0.2) is 68.1 Å². The second-order valence-electron chi connectivity index (χ2n) is 6.05. The quantitative estimate of drug-likeness (QED) is 0.495. The molecule has 6 nitrogen and oxygen atoms in total. The maximum absolute atomic E-state index is 12.7. The van der Waals surface area contributed by atoms with Gasteiger partial charge in [0.1, 0.15) is 10.6 Å². The van der Waals surface area contributed by atoms with Crippen molar-refractivity contribution in [3.8, 4) is 5.75 Å². The maximum atomic E-state index is 12.7. The van der Waals surface area contributed by atoms with E-state index in [-0.39, 0.29) is 0 Å². The molecule has 0 saturated carbocycles. The maximum Gasteiger partial charge on any atom is 0.251 e. The predicted octanol–water partition coefficient (Wildman–Crippen LogP) is 3.85. The van der Waals surface area contributed by atoms with Gasteiger partial charge in [-0.25, -0.2) is 16.8 Å². The molecule has 152 valence electrons. The largest absolute Gasteiger partial charge is 0.497 e. The lowest BCUT2D eigenvalue weighted by molar-refractivity contribution is 0.415. The van der Waals surface area contributed by atoms with Gasteiger partial charge in [0.25, 0.3) is 4.74 Å². The summed E-state index contributed by atoms with van der Waals surface area (Å²) >= 11 is 4.05. The minimum atomic E-state index is -4.34. The monoisotopic (exact) mass is 514 g/mol. The third-order valence-electron chi connectivity index (χ3n) is 3.90. The topological polar surface area (TPSA) is 94.6 Å². The fourth-order valence-corrected chi connectivity index (χ4v) is 7.60. The smallest absolute Gasteiger partial charge is 0.251 e. The highest BCUT2D eigenvalue weighted by molar-refractivity contribution is 9.10. The van der Waals surface area contributed by atoms with E-state index in [4.69, 9.17) is 4.74 Å². The predicted molar refractivity (Wildman–Crippen MR) is 119 cm³/mol. The van der Waals surface area contributed by atoms with E-state index >= 15 is 0 Å². The summed E-state index contributed by atoms with van der Waals surface area (Å²) in [5.41, 5.74) is 0.564. The minimum Gasteiger partial charge on any atom is -0.497 e. The summed E-state index contributed by atoms with van der Waals surface area (Å²) in [6, 6.07) is 12.9. The number of benzene rings is 2. The summed E-state index contributed by atoms with van der Waals surface area (Å²) in [6.07, 6.45) is 1.29. The molecule has 0 bridgehead atoms. The first-order valence-electron chi connectivity index (χ1n) is 8.11. The van der Waals surface area contributed by atoms with Gasteiger partial charge in [0.15, 0.2) is 24.8 Å². The molecule has 0 radical (unpaired) electrons. The summed E-state index contributed by atoms with van der Waals surface area (Å²) in [4.78, 5) is 11.8. The Kier molecular flexibility index (Phi) is 6.27. The van der Waals surface area contributed by atoms with Gasteiger partial charge in [0, 0.05) is 14.6 Å². The molecule has 0 aliphatic heterocycles. The van der Waals surface area contributed by atoms with Crippen molar-refractivity contribution in [1.82, 2.24) is 0 Å². The summed E-state index contributed by atoms with van der Waals surface area (Å²) < 4.78 is 55.7. The lowest BCUT2D eigenvalue weighted by Crippen LogP contribution is -2.20. The van der Waals surface area contributed by atoms with E-state index in [9.17, 15) is 21.6 Å². The third-order valence-corrected chi connectivity index (χ3v) is 9.60. The standard InChI is InChI=1S/C19H15BrO6S3/c1-26-16-5-2-13(3-6-16)8-9-28(22,23)12-29(24,25)18-11-14-10-15(20)4-7-17(14)27-19(18)21/h2-11H,12H2,1H3. The number of sulfone groups is 2. The lowest BCUT2D eigenvalue weighted by atomic mass is 10.2. The average Bonchev–Trinajstić information content (AvgIpc) is 2.65. The second kappa shape index (κ2) is 8.39. The zero-order chi connectivity index (χ0) is 21.2. The van der Waals surface area contributed by atoms with Crippen molar-refractivity contribution in [2.24, 2.45) is 0 Å². The van der Waals surface area contributed by atoms with Crippen LogP contribution < -0.4 is 9.48 Å². The first kappa shape index (κ1) is 21.7. The number of fused-ring (bicyclic) bond motifs is 1. The van der Waals surface area contributed by atoms with Gasteiger partial charge in [-0.3, -0.25) is 4.79 Å². The van der Waals surface area contributed by atoms with Gasteiger partial charge in [-0.05, 0) is 53.4 Å². The zero-order valence-corrected chi connectivity index (χ0v) is 19.1. The first-order chi connectivity index (χ1) is 13.6. The van der Waals surface area contributed by atoms with Gasteiger partial charge in [-0.1, -0.05) is 39.4 Å². The fraction of sp³-hybridized carbons (Fsp3) is 0.105. The highest BCUT2D eigenvalue weighted by atomic mass is 79.9. The first-order valence-corrected chi connectivity index (χ1v) is 13.1. The van der Waals surface area contributed by atoms with Crippen LogP contribution in [0.1, 0.15) is 5.56 Å². The van der Waals surface area contributed by atoms with Crippen molar-refractivity contribution < 1.29 is 21.6 Å². The number of ether oxygens (including phenoxy) is 1. The van der Waals surface area contributed by atoms with Crippen molar-refractivity contribution in [1.29, 1.82) is 0 Å². The van der Waals surface area contributed by atoms with Crippen molar-refractivity contribution in [2.45, 2.75) is 4.90 Å². The molecule has 1 heterocycles. The van der Waals surface area contributed by atoms with Crippen LogP contribution in [-0.4, -0.2) is 29.0 Å². The Morgan fingerprint density at radius 3 is 2.38 bits per heavy atom. The number of methoxy groups -OCH3 is 1. The van der Waals surface area contributed by atoms with E-state index in [0.29, 0.717) is 25.9 Å². The number of halogens is 1. The summed E-state index contributed by atoms with van der Waals surface area (Å²) in [5, 5.41) is 0.181. The molecule has 3 rings (SSSR count). The molecule has 0 aliphatic rings. The lowest BCUT2D eigenvalue weighted by Gasteiger charge is -2.05. The van der Waals surface area contributed by atoms with Gasteiger partial charge in [-0.15, -0.1) is 0 Å². The molecule has 3 aromatic rings. The van der Waals surface area contributed by atoms with E-state index < -0.39 is 34.4 Å². The highest BCUT2D eigenvalue weighted by Crippen LogP contribution is 2.24. The Labute approximate surface area is 180 Å². The molecule has 0 fully saturated rings. The third kappa shape index (κ3) is 5.33. The van der Waals surface area contributed by atoms with Crippen LogP contribution in [0.2, 0.25) is 0 Å². The molecule has 29 heavy (non-hydrogen) atoms. The van der Waals surface area contributed by atoms with Crippen molar-refractivity contribution in [3.63, 3.8) is 0 Å². The Hall–Kier alpha value is -2.01. The molecular weight excluding hydrogens is 500 g/mol. The van der Waals surface area contributed by atoms with Crippen molar-refractivity contribution >= 4 is 63.1 Å². The molecule has 0 spiro atoms. The summed E-state index contributed by atoms with van der Waals surface area (Å²) in [5.74, 6) is 0.611. The Balaban J connectivity index is 1.91. The van der Waals surface area contributed by atoms with E-state index in [2.05, 4.69) is 15.9 Å². The molecule has 2 aromatic carbocycles. The van der Waals surface area contributed by atoms with Crippen LogP contribution in [-0.2, 0) is 19.7 Å². The number of rotatable bonds is 6. The van der Waals surface area contributed by atoms with Gasteiger partial charge < -0.3 is 4.74 Å². The molecule has 0 aliphatic carbocycles. The van der Waals surface area contributed by atoms with E-state index in [1.165, 1.54) is 19.3 Å². The zero-order valence-electron chi connectivity index (χ0n) is 15.0. The normalized spacial score (nSPS) is 12.5. The molecule has 1 aromatic heterocycles. The highest BCUT2D eigenvalue weighted by Gasteiger charge is 2.26. The molecular formula is C19H15BrO6S3. The Morgan fingerprint density at radius 1 is 1.03 bits per heavy atom. The molecule has 10 heteroatoms. The Morgan fingerprint density at radius 2 is 1.72 bits per heavy atom. The van der Waals surface area contributed by atoms with Crippen LogP contribution >= 0.6 is 27.3 Å². The molecule has 0 atom stereocenters. The molecule has 0 amide bonds. The van der Waals surface area contributed by atoms with Crippen molar-refractivity contribution in [3.05, 3.63) is 73.5 Å². The van der Waals surface area contributed by atoms with E-state index in [1.54, 1.807) is 42.5 Å². The SMILES string of the molecule is COc1ccc(C=CS(=O)(=O)CS(=O)(=O)c2cc3cc(Br)ccc3sc2=O)cc1. The van der Waals surface area contributed by atoms with Gasteiger partial charge >= 0.3 is 0 Å². The van der Waals surface area contributed by atoms with Crippen molar-refractivity contribution in [2.75, 3.05) is 12.2 Å². The minimum absolute atomic E-state index is 0.519. The van der Waals surface area contributed by atoms with Gasteiger partial charge in [0.05, 0.1) is 7.11 Å². The van der Waals surface area contributed by atoms with Crippen LogP contribution in [0.25, 0.3) is 16.2 Å². The molecule has 0 N–H and O–H groups in total. The van der Waals surface area contributed by atoms with Crippen LogP contribution in [0.4, 0.5) is 0 Å². The van der Waals surface area contributed by atoms with Crippen LogP contribution in [0, 0.1) is 0 Å².